The van der Waals surface area contributed by atoms with Gasteiger partial charge in [-0.05, 0) is 0 Å². The Morgan fingerprint density at radius 3 is 3.08 bits per heavy atom. The lowest BCUT2D eigenvalue weighted by molar-refractivity contribution is 0.179. The standard InChI is InChI=1S/C7H12N2O2S/c1-11-3-5(8)6-4-12-7(2-10)9-6/h4-5,10H,2-3,8H2,1H3. The molecule has 0 aromatic carbocycles. The van der Waals surface area contributed by atoms with E-state index < -0.39 is 0 Å². The van der Waals surface area contributed by atoms with E-state index in [1.54, 1.807) is 7.11 Å². The molecule has 0 aliphatic rings. The maximum atomic E-state index is 8.74. The van der Waals surface area contributed by atoms with Crippen LogP contribution in [0, 0.1) is 0 Å². The average molecular weight is 188 g/mol. The van der Waals surface area contributed by atoms with E-state index in [0.29, 0.717) is 11.6 Å². The van der Waals surface area contributed by atoms with E-state index in [9.17, 15) is 0 Å². The van der Waals surface area contributed by atoms with Crippen LogP contribution >= 0.6 is 11.3 Å². The highest BCUT2D eigenvalue weighted by Crippen LogP contribution is 2.14. The van der Waals surface area contributed by atoms with Crippen LogP contribution in [0.15, 0.2) is 5.38 Å². The maximum absolute atomic E-state index is 8.74. The van der Waals surface area contributed by atoms with Crippen molar-refractivity contribution in [2.75, 3.05) is 13.7 Å². The van der Waals surface area contributed by atoms with Gasteiger partial charge in [-0.15, -0.1) is 11.3 Å². The Kier molecular flexibility index (Phi) is 3.61. The van der Waals surface area contributed by atoms with Crippen LogP contribution in [0.1, 0.15) is 16.7 Å². The van der Waals surface area contributed by atoms with Gasteiger partial charge in [0.05, 0.1) is 24.9 Å². The van der Waals surface area contributed by atoms with Gasteiger partial charge < -0.3 is 15.6 Å². The van der Waals surface area contributed by atoms with Crippen LogP contribution in [0.2, 0.25) is 0 Å². The molecule has 0 bridgehead atoms. The number of methoxy groups -OCH3 is 1. The first-order chi connectivity index (χ1) is 5.77. The van der Waals surface area contributed by atoms with Crippen molar-refractivity contribution in [2.45, 2.75) is 12.6 Å². The number of ether oxygens (including phenoxy) is 1. The molecule has 68 valence electrons. The average Bonchev–Trinajstić information content (AvgIpc) is 2.52. The second-order valence-electron chi connectivity index (χ2n) is 2.39. The SMILES string of the molecule is COCC(N)c1csc(CO)n1. The third kappa shape index (κ3) is 2.25. The molecule has 0 aliphatic carbocycles. The van der Waals surface area contributed by atoms with Gasteiger partial charge in [0, 0.05) is 12.5 Å². The Morgan fingerprint density at radius 1 is 1.83 bits per heavy atom. The van der Waals surface area contributed by atoms with Crippen LogP contribution in [0.25, 0.3) is 0 Å². The lowest BCUT2D eigenvalue weighted by Crippen LogP contribution is -2.16. The van der Waals surface area contributed by atoms with Crippen LogP contribution in [-0.4, -0.2) is 23.8 Å². The van der Waals surface area contributed by atoms with E-state index in [2.05, 4.69) is 4.98 Å². The summed E-state index contributed by atoms with van der Waals surface area (Å²) in [5.74, 6) is 0. The number of hydrogen-bond donors (Lipinski definition) is 2. The van der Waals surface area contributed by atoms with Crippen molar-refractivity contribution in [3.05, 3.63) is 16.1 Å². The van der Waals surface area contributed by atoms with Gasteiger partial charge in [0.15, 0.2) is 0 Å². The second-order valence-corrected chi connectivity index (χ2v) is 3.33. The fourth-order valence-corrected chi connectivity index (χ4v) is 1.55. The number of thiazole rings is 1. The van der Waals surface area contributed by atoms with E-state index >= 15 is 0 Å². The zero-order valence-electron chi connectivity index (χ0n) is 6.86. The molecular formula is C7H12N2O2S. The Balaban J connectivity index is 2.61. The highest BCUT2D eigenvalue weighted by Gasteiger charge is 2.09. The molecule has 0 saturated heterocycles. The van der Waals surface area contributed by atoms with Crippen molar-refractivity contribution < 1.29 is 9.84 Å². The highest BCUT2D eigenvalue weighted by molar-refractivity contribution is 7.09. The van der Waals surface area contributed by atoms with Gasteiger partial charge in [0.1, 0.15) is 5.01 Å². The number of aliphatic hydroxyl groups excluding tert-OH is 1. The van der Waals surface area contributed by atoms with Crippen LogP contribution in [0.5, 0.6) is 0 Å². The number of nitrogens with zero attached hydrogens (tertiary/aromatic N) is 1. The largest absolute Gasteiger partial charge is 0.389 e. The van der Waals surface area contributed by atoms with E-state index in [0.717, 1.165) is 5.69 Å². The maximum Gasteiger partial charge on any atom is 0.118 e. The first-order valence-electron chi connectivity index (χ1n) is 3.57. The van der Waals surface area contributed by atoms with Crippen LogP contribution < -0.4 is 5.73 Å². The highest BCUT2D eigenvalue weighted by atomic mass is 32.1. The van der Waals surface area contributed by atoms with Crippen molar-refractivity contribution in [3.8, 4) is 0 Å². The molecule has 1 rings (SSSR count). The molecule has 1 aromatic rings. The summed E-state index contributed by atoms with van der Waals surface area (Å²) < 4.78 is 4.88. The van der Waals surface area contributed by atoms with Gasteiger partial charge in [-0.25, -0.2) is 4.98 Å². The molecule has 12 heavy (non-hydrogen) atoms. The third-order valence-electron chi connectivity index (χ3n) is 1.43. The number of aliphatic hydroxyl groups is 1. The third-order valence-corrected chi connectivity index (χ3v) is 2.28. The summed E-state index contributed by atoms with van der Waals surface area (Å²) >= 11 is 1.41. The van der Waals surface area contributed by atoms with Gasteiger partial charge in [0.25, 0.3) is 0 Å². The van der Waals surface area contributed by atoms with Gasteiger partial charge in [0.2, 0.25) is 0 Å². The summed E-state index contributed by atoms with van der Waals surface area (Å²) in [6.45, 7) is 0.430. The molecule has 1 atom stereocenters. The molecule has 1 unspecified atom stereocenters. The minimum atomic E-state index is -0.188. The molecule has 0 aliphatic heterocycles. The van der Waals surface area contributed by atoms with Crippen molar-refractivity contribution in [2.24, 2.45) is 5.73 Å². The Bertz CT molecular complexity index is 239. The van der Waals surface area contributed by atoms with Crippen molar-refractivity contribution in [1.29, 1.82) is 0 Å². The molecule has 0 saturated carbocycles. The summed E-state index contributed by atoms with van der Waals surface area (Å²) in [5.41, 5.74) is 6.49. The van der Waals surface area contributed by atoms with Gasteiger partial charge in [-0.1, -0.05) is 0 Å². The number of nitrogens with two attached hydrogens (primary N) is 1. The monoisotopic (exact) mass is 188 g/mol. The summed E-state index contributed by atoms with van der Waals surface area (Å²) in [7, 11) is 1.60. The predicted molar refractivity (Wildman–Crippen MR) is 46.8 cm³/mol. The quantitative estimate of drug-likeness (QED) is 0.712. The predicted octanol–water partition coefficient (Wildman–Crippen LogP) is 0.282. The zero-order valence-corrected chi connectivity index (χ0v) is 7.67. The molecule has 0 fully saturated rings. The minimum Gasteiger partial charge on any atom is -0.389 e. The fourth-order valence-electron chi connectivity index (χ4n) is 0.833. The topological polar surface area (TPSA) is 68.4 Å². The fraction of sp³-hybridized carbons (Fsp3) is 0.571. The molecule has 0 spiro atoms. The van der Waals surface area contributed by atoms with Gasteiger partial charge >= 0.3 is 0 Å². The Labute approximate surface area is 75.0 Å². The van der Waals surface area contributed by atoms with Crippen molar-refractivity contribution >= 4 is 11.3 Å². The molecular weight excluding hydrogens is 176 g/mol. The lowest BCUT2D eigenvalue weighted by atomic mass is 10.3. The minimum absolute atomic E-state index is 0.0234. The first kappa shape index (κ1) is 9.60. The van der Waals surface area contributed by atoms with E-state index in [4.69, 9.17) is 15.6 Å². The normalized spacial score (nSPS) is 13.2. The van der Waals surface area contributed by atoms with E-state index in [1.165, 1.54) is 11.3 Å². The first-order valence-corrected chi connectivity index (χ1v) is 4.45. The molecule has 0 radical (unpaired) electrons. The van der Waals surface area contributed by atoms with Crippen molar-refractivity contribution in [3.63, 3.8) is 0 Å². The number of hydrogen-bond acceptors (Lipinski definition) is 5. The summed E-state index contributed by atoms with van der Waals surface area (Å²) in [5, 5.41) is 11.3. The van der Waals surface area contributed by atoms with E-state index in [-0.39, 0.29) is 12.6 Å². The lowest BCUT2D eigenvalue weighted by Gasteiger charge is -2.05. The summed E-state index contributed by atoms with van der Waals surface area (Å²) in [6.07, 6.45) is 0. The van der Waals surface area contributed by atoms with E-state index in [1.807, 2.05) is 5.38 Å². The van der Waals surface area contributed by atoms with Crippen LogP contribution in [-0.2, 0) is 11.3 Å². The zero-order chi connectivity index (χ0) is 8.97. The van der Waals surface area contributed by atoms with Gasteiger partial charge in [-0.2, -0.15) is 0 Å². The Morgan fingerprint density at radius 2 is 2.58 bits per heavy atom. The summed E-state index contributed by atoms with van der Waals surface area (Å²) in [4.78, 5) is 4.11. The summed E-state index contributed by atoms with van der Waals surface area (Å²) in [6, 6.07) is -0.188. The number of aromatic nitrogens is 1. The second kappa shape index (κ2) is 4.51. The Hall–Kier alpha value is -0.490. The van der Waals surface area contributed by atoms with Gasteiger partial charge in [-0.3, -0.25) is 0 Å². The van der Waals surface area contributed by atoms with Crippen molar-refractivity contribution in [1.82, 2.24) is 4.98 Å². The van der Waals surface area contributed by atoms with Crippen LogP contribution in [0.3, 0.4) is 0 Å². The molecule has 0 amide bonds. The molecule has 1 aromatic heterocycles. The molecule has 3 N–H and O–H groups in total. The molecule has 1 heterocycles. The van der Waals surface area contributed by atoms with Crippen LogP contribution in [0.4, 0.5) is 0 Å². The molecule has 5 heteroatoms. The molecule has 4 nitrogen and oxygen atoms in total. The smallest absolute Gasteiger partial charge is 0.118 e. The number of rotatable bonds is 4.